The Balaban J connectivity index is 3.89. The first-order valence-electron chi connectivity index (χ1n) is 1.54. The molecular formula is C2H6O2S3. The molecular weight excluding hydrogens is 152 g/mol. The molecule has 0 fully saturated rings. The maximum absolute atomic E-state index is 10.2. The SMILES string of the molecule is O=S(=O)(CS)CS. The second-order valence-corrected chi connectivity index (χ2v) is 4.55. The van der Waals surface area contributed by atoms with E-state index in [9.17, 15) is 8.42 Å². The van der Waals surface area contributed by atoms with Crippen molar-refractivity contribution in [2.45, 2.75) is 0 Å². The number of hydrogen-bond donors (Lipinski definition) is 2. The highest BCUT2D eigenvalue weighted by molar-refractivity contribution is 8.10. The highest BCUT2D eigenvalue weighted by Gasteiger charge is 2.00. The largest absolute Gasteiger partial charge is 0.227 e. The average Bonchev–Trinajstić information content (AvgIpc) is 1.68. The molecule has 5 heteroatoms. The molecule has 0 aromatic heterocycles. The van der Waals surface area contributed by atoms with Gasteiger partial charge in [0.15, 0.2) is 9.84 Å². The van der Waals surface area contributed by atoms with Gasteiger partial charge in [-0.2, -0.15) is 25.3 Å². The summed E-state index contributed by atoms with van der Waals surface area (Å²) in [6.45, 7) is 0. The summed E-state index contributed by atoms with van der Waals surface area (Å²) < 4.78 is 20.4. The fraction of sp³-hybridized carbons (Fsp3) is 1.00. The van der Waals surface area contributed by atoms with Gasteiger partial charge in [0.25, 0.3) is 0 Å². The highest BCUT2D eigenvalue weighted by atomic mass is 32.3. The molecule has 44 valence electrons. The zero-order valence-electron chi connectivity index (χ0n) is 3.53. The summed E-state index contributed by atoms with van der Waals surface area (Å²) in [6, 6.07) is 0. The first kappa shape index (κ1) is 7.65. The molecule has 0 radical (unpaired) electrons. The molecule has 0 rings (SSSR count). The van der Waals surface area contributed by atoms with Crippen LogP contribution in [0.15, 0.2) is 0 Å². The van der Waals surface area contributed by atoms with Crippen LogP contribution >= 0.6 is 25.3 Å². The van der Waals surface area contributed by atoms with E-state index in [0.717, 1.165) is 0 Å². The topological polar surface area (TPSA) is 34.1 Å². The van der Waals surface area contributed by atoms with Crippen molar-refractivity contribution >= 4 is 35.1 Å². The summed E-state index contributed by atoms with van der Waals surface area (Å²) in [5, 5.41) is -0.229. The van der Waals surface area contributed by atoms with Gasteiger partial charge in [-0.05, 0) is 0 Å². The average molecular weight is 158 g/mol. The van der Waals surface area contributed by atoms with E-state index >= 15 is 0 Å². The Kier molecular flexibility index (Phi) is 3.10. The summed E-state index contributed by atoms with van der Waals surface area (Å²) in [5.41, 5.74) is 0. The molecule has 0 aliphatic heterocycles. The van der Waals surface area contributed by atoms with Crippen LogP contribution in [-0.4, -0.2) is 18.6 Å². The molecule has 0 saturated heterocycles. The molecule has 0 bridgehead atoms. The molecule has 0 aliphatic rings. The molecule has 0 aliphatic carbocycles. The van der Waals surface area contributed by atoms with Crippen LogP contribution in [-0.2, 0) is 9.84 Å². The van der Waals surface area contributed by atoms with Gasteiger partial charge in [0.1, 0.15) is 0 Å². The molecule has 0 heterocycles. The highest BCUT2D eigenvalue weighted by Crippen LogP contribution is 1.93. The van der Waals surface area contributed by atoms with Crippen LogP contribution in [0, 0.1) is 0 Å². The smallest absolute Gasteiger partial charge is 0.168 e. The van der Waals surface area contributed by atoms with Gasteiger partial charge in [-0.25, -0.2) is 8.42 Å². The predicted octanol–water partition coefficient (Wildman–Crippen LogP) is 0.176. The van der Waals surface area contributed by atoms with Gasteiger partial charge < -0.3 is 0 Å². The number of rotatable bonds is 2. The van der Waals surface area contributed by atoms with Crippen molar-refractivity contribution in [2.75, 3.05) is 10.2 Å². The fourth-order valence-corrected chi connectivity index (χ4v) is 1.10. The summed E-state index contributed by atoms with van der Waals surface area (Å²) in [4.78, 5) is 0. The zero-order chi connectivity index (χ0) is 5.91. The Morgan fingerprint density at radius 3 is 1.43 bits per heavy atom. The molecule has 0 aromatic carbocycles. The molecule has 0 spiro atoms. The Bertz CT molecular complexity index is 114. The third kappa shape index (κ3) is 3.25. The first-order chi connectivity index (χ1) is 3.12. The summed E-state index contributed by atoms with van der Waals surface area (Å²) in [6.07, 6.45) is 0. The molecule has 2 nitrogen and oxygen atoms in total. The molecule has 0 unspecified atom stereocenters. The van der Waals surface area contributed by atoms with E-state index in [1.54, 1.807) is 0 Å². The normalized spacial score (nSPS) is 11.7. The van der Waals surface area contributed by atoms with Crippen molar-refractivity contribution in [3.05, 3.63) is 0 Å². The zero-order valence-corrected chi connectivity index (χ0v) is 6.14. The van der Waals surface area contributed by atoms with Gasteiger partial charge in [-0.3, -0.25) is 0 Å². The number of hydrogen-bond acceptors (Lipinski definition) is 4. The molecule has 0 amide bonds. The Morgan fingerprint density at radius 2 is 1.43 bits per heavy atom. The van der Waals surface area contributed by atoms with Crippen molar-refractivity contribution in [3.63, 3.8) is 0 Å². The van der Waals surface area contributed by atoms with Crippen LogP contribution in [0.3, 0.4) is 0 Å². The molecule has 0 N–H and O–H groups in total. The summed E-state index contributed by atoms with van der Waals surface area (Å²) >= 11 is 7.09. The standard InChI is InChI=1S/C2H6O2S3/c3-7(4,1-5)2-6/h5-6H,1-2H2. The van der Waals surface area contributed by atoms with Gasteiger partial charge in [-0.1, -0.05) is 0 Å². The Hall–Kier alpha value is 0.650. The Morgan fingerprint density at radius 1 is 1.14 bits per heavy atom. The summed E-state index contributed by atoms with van der Waals surface area (Å²) in [5.74, 6) is 0. The lowest BCUT2D eigenvalue weighted by Crippen LogP contribution is -2.00. The van der Waals surface area contributed by atoms with Crippen LogP contribution in [0.4, 0.5) is 0 Å². The van der Waals surface area contributed by atoms with Gasteiger partial charge in [0, 0.05) is 0 Å². The minimum absolute atomic E-state index is 0.115. The third-order valence-electron chi connectivity index (χ3n) is 0.393. The lowest BCUT2D eigenvalue weighted by molar-refractivity contribution is 0.605. The van der Waals surface area contributed by atoms with E-state index in [0.29, 0.717) is 0 Å². The minimum atomic E-state index is -2.93. The van der Waals surface area contributed by atoms with E-state index in [4.69, 9.17) is 0 Å². The van der Waals surface area contributed by atoms with E-state index < -0.39 is 9.84 Å². The maximum atomic E-state index is 10.2. The van der Waals surface area contributed by atoms with Crippen LogP contribution in [0.5, 0.6) is 0 Å². The first-order valence-corrected chi connectivity index (χ1v) is 4.63. The Labute approximate surface area is 54.0 Å². The van der Waals surface area contributed by atoms with Crippen molar-refractivity contribution < 1.29 is 8.42 Å². The number of thiol groups is 2. The van der Waals surface area contributed by atoms with Crippen molar-refractivity contribution in [1.82, 2.24) is 0 Å². The maximum Gasteiger partial charge on any atom is 0.168 e. The van der Waals surface area contributed by atoms with Crippen molar-refractivity contribution in [2.24, 2.45) is 0 Å². The van der Waals surface area contributed by atoms with Gasteiger partial charge in [0.2, 0.25) is 0 Å². The number of sulfone groups is 1. The molecule has 0 saturated carbocycles. The quantitative estimate of drug-likeness (QED) is 0.562. The van der Waals surface area contributed by atoms with Crippen LogP contribution in [0.2, 0.25) is 0 Å². The third-order valence-corrected chi connectivity index (χ3v) is 3.54. The van der Waals surface area contributed by atoms with Crippen LogP contribution in [0.1, 0.15) is 0 Å². The van der Waals surface area contributed by atoms with E-state index in [1.807, 2.05) is 0 Å². The lowest BCUT2D eigenvalue weighted by atomic mass is 11.9. The monoisotopic (exact) mass is 158 g/mol. The van der Waals surface area contributed by atoms with Gasteiger partial charge >= 0.3 is 0 Å². The van der Waals surface area contributed by atoms with Crippen molar-refractivity contribution in [3.8, 4) is 0 Å². The fourth-order valence-electron chi connectivity index (χ4n) is 0.0408. The second kappa shape index (κ2) is 2.84. The predicted molar refractivity (Wildman–Crippen MR) is 36.6 cm³/mol. The van der Waals surface area contributed by atoms with Gasteiger partial charge in [-0.15, -0.1) is 0 Å². The molecule has 0 atom stereocenters. The molecule has 0 aromatic rings. The van der Waals surface area contributed by atoms with Gasteiger partial charge in [0.05, 0.1) is 10.2 Å². The van der Waals surface area contributed by atoms with E-state index in [2.05, 4.69) is 25.3 Å². The van der Waals surface area contributed by atoms with Crippen molar-refractivity contribution in [1.29, 1.82) is 0 Å². The van der Waals surface area contributed by atoms with E-state index in [-0.39, 0.29) is 10.2 Å². The molecule has 7 heavy (non-hydrogen) atoms. The summed E-state index contributed by atoms with van der Waals surface area (Å²) in [7, 11) is -2.93. The van der Waals surface area contributed by atoms with E-state index in [1.165, 1.54) is 0 Å². The minimum Gasteiger partial charge on any atom is -0.227 e. The second-order valence-electron chi connectivity index (χ2n) is 1.00. The van der Waals surface area contributed by atoms with Crippen LogP contribution < -0.4 is 0 Å². The lowest BCUT2D eigenvalue weighted by Gasteiger charge is -1.88. The van der Waals surface area contributed by atoms with Crippen LogP contribution in [0.25, 0.3) is 0 Å².